The smallest absolute Gasteiger partial charge is 0.214 e. The topological polar surface area (TPSA) is 63.8 Å². The number of tetrazole rings is 1. The van der Waals surface area contributed by atoms with E-state index >= 15 is 0 Å². The fourth-order valence-corrected chi connectivity index (χ4v) is 3.37. The van der Waals surface area contributed by atoms with Gasteiger partial charge in [0, 0.05) is 10.3 Å². The minimum atomic E-state index is 0.107. The zero-order valence-electron chi connectivity index (χ0n) is 11.7. The minimum Gasteiger partial charge on any atom is -0.508 e. The second kappa shape index (κ2) is 6.37. The molecular formula is C15H13ClN4OS. The van der Waals surface area contributed by atoms with Crippen molar-refractivity contribution in [2.45, 2.75) is 17.3 Å². The van der Waals surface area contributed by atoms with Crippen molar-refractivity contribution in [2.75, 3.05) is 0 Å². The molecule has 0 spiro atoms. The van der Waals surface area contributed by atoms with Gasteiger partial charge in [-0.15, -0.1) is 5.10 Å². The van der Waals surface area contributed by atoms with Crippen LogP contribution in [-0.2, 0) is 0 Å². The van der Waals surface area contributed by atoms with E-state index in [-0.39, 0.29) is 11.0 Å². The third kappa shape index (κ3) is 3.08. The van der Waals surface area contributed by atoms with Gasteiger partial charge in [0.25, 0.3) is 0 Å². The van der Waals surface area contributed by atoms with Crippen molar-refractivity contribution in [1.29, 1.82) is 0 Å². The highest BCUT2D eigenvalue weighted by molar-refractivity contribution is 7.99. The van der Waals surface area contributed by atoms with Gasteiger partial charge >= 0.3 is 0 Å². The van der Waals surface area contributed by atoms with Gasteiger partial charge in [0.05, 0.1) is 5.69 Å². The predicted octanol–water partition coefficient (Wildman–Crippen LogP) is 3.87. The van der Waals surface area contributed by atoms with Crippen molar-refractivity contribution in [3.8, 4) is 11.4 Å². The van der Waals surface area contributed by atoms with E-state index in [9.17, 15) is 5.11 Å². The van der Waals surface area contributed by atoms with Crippen molar-refractivity contribution in [1.82, 2.24) is 20.2 Å². The van der Waals surface area contributed by atoms with Gasteiger partial charge in [-0.25, -0.2) is 0 Å². The molecule has 0 aliphatic heterocycles. The number of halogens is 1. The number of hydrogen-bond acceptors (Lipinski definition) is 5. The lowest BCUT2D eigenvalue weighted by molar-refractivity contribution is 0.475. The van der Waals surface area contributed by atoms with Crippen LogP contribution in [0.25, 0.3) is 5.69 Å². The van der Waals surface area contributed by atoms with Crippen LogP contribution < -0.4 is 0 Å². The molecule has 7 heteroatoms. The number of benzene rings is 2. The Morgan fingerprint density at radius 1 is 1.14 bits per heavy atom. The first kappa shape index (κ1) is 14.9. The van der Waals surface area contributed by atoms with E-state index in [4.69, 9.17) is 11.6 Å². The number of hydrogen-bond donors (Lipinski definition) is 1. The van der Waals surface area contributed by atoms with Crippen molar-refractivity contribution in [3.05, 3.63) is 59.1 Å². The first-order valence-electron chi connectivity index (χ1n) is 6.64. The summed E-state index contributed by atoms with van der Waals surface area (Å²) in [4.78, 5) is 0. The van der Waals surface area contributed by atoms with Crippen molar-refractivity contribution in [2.24, 2.45) is 0 Å². The summed E-state index contributed by atoms with van der Waals surface area (Å²) in [5.74, 6) is 0.204. The average Bonchev–Trinajstić information content (AvgIpc) is 2.96. The van der Waals surface area contributed by atoms with Gasteiger partial charge in [0.1, 0.15) is 5.75 Å². The summed E-state index contributed by atoms with van der Waals surface area (Å²) in [6.07, 6.45) is 0. The second-order valence-corrected chi connectivity index (χ2v) is 6.39. The Hall–Kier alpha value is -2.05. The molecule has 0 saturated heterocycles. The number of phenols is 1. The Kier molecular flexibility index (Phi) is 4.31. The van der Waals surface area contributed by atoms with E-state index < -0.39 is 0 Å². The lowest BCUT2D eigenvalue weighted by Gasteiger charge is -2.12. The monoisotopic (exact) mass is 332 g/mol. The molecule has 0 bridgehead atoms. The Balaban J connectivity index is 1.86. The van der Waals surface area contributed by atoms with Crippen molar-refractivity contribution >= 4 is 23.4 Å². The van der Waals surface area contributed by atoms with Gasteiger partial charge in [0.2, 0.25) is 5.16 Å². The van der Waals surface area contributed by atoms with Crippen LogP contribution >= 0.6 is 23.4 Å². The number of rotatable bonds is 4. The normalized spacial score (nSPS) is 12.3. The molecule has 3 rings (SSSR count). The summed E-state index contributed by atoms with van der Waals surface area (Å²) in [6, 6.07) is 14.5. The van der Waals surface area contributed by atoms with E-state index in [0.29, 0.717) is 5.16 Å². The summed E-state index contributed by atoms with van der Waals surface area (Å²) < 4.78 is 1.64. The molecule has 2 aromatic carbocycles. The Morgan fingerprint density at radius 2 is 1.86 bits per heavy atom. The molecule has 0 fully saturated rings. The quantitative estimate of drug-likeness (QED) is 0.735. The van der Waals surface area contributed by atoms with E-state index in [1.807, 2.05) is 24.3 Å². The molecule has 3 aromatic rings. The molecular weight excluding hydrogens is 320 g/mol. The lowest BCUT2D eigenvalue weighted by Crippen LogP contribution is -2.00. The molecule has 1 atom stereocenters. The Bertz CT molecular complexity index is 775. The van der Waals surface area contributed by atoms with Crippen LogP contribution in [0.1, 0.15) is 17.7 Å². The SMILES string of the molecule is CC(Sc1nnnn1-c1ccc(O)cc1)c1ccccc1Cl. The highest BCUT2D eigenvalue weighted by atomic mass is 35.5. The van der Waals surface area contributed by atoms with Crippen LogP contribution in [0, 0.1) is 0 Å². The van der Waals surface area contributed by atoms with Crippen molar-refractivity contribution < 1.29 is 5.11 Å². The van der Waals surface area contributed by atoms with E-state index in [1.165, 1.54) is 11.8 Å². The van der Waals surface area contributed by atoms with Gasteiger partial charge in [0.15, 0.2) is 0 Å². The maximum atomic E-state index is 9.37. The number of aromatic nitrogens is 4. The predicted molar refractivity (Wildman–Crippen MR) is 86.5 cm³/mol. The highest BCUT2D eigenvalue weighted by Crippen LogP contribution is 2.37. The maximum absolute atomic E-state index is 9.37. The molecule has 0 amide bonds. The molecule has 1 heterocycles. The fraction of sp³-hybridized carbons (Fsp3) is 0.133. The standard InChI is InChI=1S/C15H13ClN4OS/c1-10(13-4-2-3-5-14(13)16)22-15-17-18-19-20(15)11-6-8-12(21)9-7-11/h2-10,21H,1H3. The fourth-order valence-electron chi connectivity index (χ4n) is 2.03. The lowest BCUT2D eigenvalue weighted by atomic mass is 10.2. The van der Waals surface area contributed by atoms with Crippen LogP contribution in [0.5, 0.6) is 5.75 Å². The first-order chi connectivity index (χ1) is 10.6. The van der Waals surface area contributed by atoms with E-state index in [1.54, 1.807) is 28.9 Å². The van der Waals surface area contributed by atoms with Crippen molar-refractivity contribution in [3.63, 3.8) is 0 Å². The molecule has 0 saturated carbocycles. The molecule has 0 aliphatic rings. The molecule has 5 nitrogen and oxygen atoms in total. The van der Waals surface area contributed by atoms with Crippen LogP contribution in [0.3, 0.4) is 0 Å². The summed E-state index contributed by atoms with van der Waals surface area (Å²) in [6.45, 7) is 2.06. The minimum absolute atomic E-state index is 0.107. The summed E-state index contributed by atoms with van der Waals surface area (Å²) >= 11 is 7.76. The highest BCUT2D eigenvalue weighted by Gasteiger charge is 2.16. The molecule has 1 unspecified atom stereocenters. The zero-order chi connectivity index (χ0) is 15.5. The number of aromatic hydroxyl groups is 1. The molecule has 0 radical (unpaired) electrons. The Morgan fingerprint density at radius 3 is 2.59 bits per heavy atom. The number of nitrogens with zero attached hydrogens (tertiary/aromatic N) is 4. The molecule has 1 aromatic heterocycles. The van der Waals surface area contributed by atoms with Crippen LogP contribution in [-0.4, -0.2) is 25.3 Å². The van der Waals surface area contributed by atoms with Crippen LogP contribution in [0.2, 0.25) is 5.02 Å². The zero-order valence-corrected chi connectivity index (χ0v) is 13.3. The van der Waals surface area contributed by atoms with E-state index in [0.717, 1.165) is 16.3 Å². The molecule has 1 N–H and O–H groups in total. The number of thioether (sulfide) groups is 1. The van der Waals surface area contributed by atoms with Gasteiger partial charge in [-0.2, -0.15) is 4.68 Å². The molecule has 112 valence electrons. The largest absolute Gasteiger partial charge is 0.508 e. The number of phenolic OH excluding ortho intramolecular Hbond substituents is 1. The summed E-state index contributed by atoms with van der Waals surface area (Å²) in [7, 11) is 0. The van der Waals surface area contributed by atoms with Gasteiger partial charge in [-0.05, 0) is 53.2 Å². The first-order valence-corrected chi connectivity index (χ1v) is 7.90. The van der Waals surface area contributed by atoms with Crippen LogP contribution in [0.4, 0.5) is 0 Å². The Labute approximate surface area is 136 Å². The molecule has 22 heavy (non-hydrogen) atoms. The second-order valence-electron chi connectivity index (χ2n) is 4.67. The average molecular weight is 333 g/mol. The summed E-state index contributed by atoms with van der Waals surface area (Å²) in [5.41, 5.74) is 1.83. The molecule has 0 aliphatic carbocycles. The van der Waals surface area contributed by atoms with Gasteiger partial charge in [-0.3, -0.25) is 0 Å². The third-order valence-electron chi connectivity index (χ3n) is 3.16. The van der Waals surface area contributed by atoms with Gasteiger partial charge < -0.3 is 5.11 Å². The maximum Gasteiger partial charge on any atom is 0.214 e. The summed E-state index contributed by atoms with van der Waals surface area (Å²) in [5, 5.41) is 22.7. The third-order valence-corrected chi connectivity index (χ3v) is 4.58. The van der Waals surface area contributed by atoms with Gasteiger partial charge in [-0.1, -0.05) is 41.6 Å². The van der Waals surface area contributed by atoms with Crippen LogP contribution in [0.15, 0.2) is 53.7 Å². The van der Waals surface area contributed by atoms with E-state index in [2.05, 4.69) is 22.4 Å².